The third-order valence-corrected chi connectivity index (χ3v) is 5.37. The van der Waals surface area contributed by atoms with Crippen LogP contribution in [0.3, 0.4) is 0 Å². The van der Waals surface area contributed by atoms with E-state index in [4.69, 9.17) is 4.74 Å². The Hall–Kier alpha value is -0.0962. The highest BCUT2D eigenvalue weighted by Crippen LogP contribution is 2.22. The molecule has 0 unspecified atom stereocenters. The molecule has 90 valence electrons. The number of ether oxygens (including phenoxy) is 1. The molecule has 0 radical (unpaired) electrons. The van der Waals surface area contributed by atoms with Gasteiger partial charge in [0.2, 0.25) is 0 Å². The van der Waals surface area contributed by atoms with Crippen LogP contribution in [0.4, 0.5) is 0 Å². The third kappa shape index (κ3) is 10.2. The molecule has 0 saturated carbocycles. The number of hydrogen-bond acceptors (Lipinski definition) is 2. The van der Waals surface area contributed by atoms with Crippen LogP contribution in [-0.4, -0.2) is 28.2 Å². The summed E-state index contributed by atoms with van der Waals surface area (Å²) in [7, 11) is -2.28. The van der Waals surface area contributed by atoms with Crippen LogP contribution < -0.4 is 0 Å². The first-order valence-corrected chi connectivity index (χ1v) is 13.1. The number of hydrogen-bond donors (Lipinski definition) is 0. The van der Waals surface area contributed by atoms with Crippen molar-refractivity contribution in [2.45, 2.75) is 64.4 Å². The first-order chi connectivity index (χ1) is 6.49. The molecule has 0 aromatic heterocycles. The lowest BCUT2D eigenvalue weighted by Gasteiger charge is -2.28. The lowest BCUT2D eigenvalue weighted by atomic mass is 10.4. The minimum Gasteiger partial charge on any atom is -0.463 e. The molecule has 0 spiro atoms. The number of rotatable bonds is 5. The van der Waals surface area contributed by atoms with E-state index in [1.165, 1.54) is 6.92 Å². The van der Waals surface area contributed by atoms with Crippen molar-refractivity contribution in [3.63, 3.8) is 0 Å². The average molecular weight is 246 g/mol. The second-order valence-corrected chi connectivity index (χ2v) is 17.8. The van der Waals surface area contributed by atoms with Gasteiger partial charge in [-0.2, -0.15) is 0 Å². The van der Waals surface area contributed by atoms with Crippen LogP contribution >= 0.6 is 0 Å². The van der Waals surface area contributed by atoms with Gasteiger partial charge in [-0.25, -0.2) is 0 Å². The second kappa shape index (κ2) is 5.30. The molecule has 4 heteroatoms. The summed E-state index contributed by atoms with van der Waals surface area (Å²) >= 11 is 0. The lowest BCUT2D eigenvalue weighted by molar-refractivity contribution is -0.144. The maximum absolute atomic E-state index is 11.0. The maximum atomic E-state index is 11.0. The molecule has 2 nitrogen and oxygen atoms in total. The fourth-order valence-corrected chi connectivity index (χ4v) is 5.23. The van der Waals surface area contributed by atoms with Crippen LogP contribution in [-0.2, 0) is 9.53 Å². The number of esters is 1. The summed E-state index contributed by atoms with van der Waals surface area (Å²) in [6.07, 6.45) is 0.167. The van der Waals surface area contributed by atoms with Gasteiger partial charge in [-0.15, -0.1) is 0 Å². The zero-order valence-corrected chi connectivity index (χ0v) is 13.3. The molecule has 0 atom stereocenters. The fraction of sp³-hybridized carbons (Fsp3) is 0.909. The first-order valence-electron chi connectivity index (χ1n) is 5.67. The van der Waals surface area contributed by atoms with Crippen LogP contribution in [0.25, 0.3) is 0 Å². The van der Waals surface area contributed by atoms with Gasteiger partial charge in [-0.05, 0) is 12.1 Å². The van der Waals surface area contributed by atoms with Crippen LogP contribution in [0.2, 0.25) is 51.4 Å². The van der Waals surface area contributed by atoms with Crippen molar-refractivity contribution in [3.8, 4) is 0 Å². The summed E-state index contributed by atoms with van der Waals surface area (Å²) in [5.74, 6) is -0.128. The van der Waals surface area contributed by atoms with Crippen LogP contribution in [0.1, 0.15) is 6.92 Å². The minimum absolute atomic E-state index is 0.128. The summed E-state index contributed by atoms with van der Waals surface area (Å²) in [6.45, 7) is 15.5. The third-order valence-electron chi connectivity index (χ3n) is 2.01. The van der Waals surface area contributed by atoms with Gasteiger partial charge in [0.25, 0.3) is 0 Å². The Kier molecular flexibility index (Phi) is 5.26. The lowest BCUT2D eigenvalue weighted by Crippen LogP contribution is -2.35. The fourth-order valence-electron chi connectivity index (χ4n) is 1.76. The average Bonchev–Trinajstić information content (AvgIpc) is 1.73. The molecule has 0 fully saturated rings. The van der Waals surface area contributed by atoms with Gasteiger partial charge in [0.1, 0.15) is 0 Å². The van der Waals surface area contributed by atoms with E-state index in [1.807, 2.05) is 0 Å². The summed E-state index contributed by atoms with van der Waals surface area (Å²) in [6, 6.07) is 2.19. The van der Waals surface area contributed by atoms with Crippen molar-refractivity contribution < 1.29 is 9.53 Å². The molecule has 0 aliphatic carbocycles. The summed E-state index contributed by atoms with van der Waals surface area (Å²) in [4.78, 5) is 11.0. The van der Waals surface area contributed by atoms with Gasteiger partial charge in [-0.3, -0.25) is 4.79 Å². The standard InChI is InChI=1S/C11H26O2Si2/c1-10(12)13-11(8-14(2,3)4)9-15(5,6)7/h11H,8-9H2,1-7H3. The van der Waals surface area contributed by atoms with E-state index in [0.29, 0.717) is 0 Å². The van der Waals surface area contributed by atoms with Crippen molar-refractivity contribution in [3.05, 3.63) is 0 Å². The smallest absolute Gasteiger partial charge is 0.302 e. The SMILES string of the molecule is CC(=O)OC(C[Si](C)(C)C)C[Si](C)(C)C. The number of carbonyl (C=O) groups is 1. The van der Waals surface area contributed by atoms with Crippen molar-refractivity contribution in [1.29, 1.82) is 0 Å². The second-order valence-electron chi connectivity index (χ2n) is 6.76. The quantitative estimate of drug-likeness (QED) is 0.547. The Labute approximate surface area is 96.4 Å². The van der Waals surface area contributed by atoms with Gasteiger partial charge in [0.05, 0.1) is 6.10 Å². The molecule has 0 amide bonds. The van der Waals surface area contributed by atoms with E-state index in [0.717, 1.165) is 12.1 Å². The van der Waals surface area contributed by atoms with E-state index in [9.17, 15) is 4.79 Å². The highest BCUT2D eigenvalue weighted by Gasteiger charge is 2.27. The van der Waals surface area contributed by atoms with E-state index < -0.39 is 16.1 Å². The predicted octanol–water partition coefficient (Wildman–Crippen LogP) is 3.59. The van der Waals surface area contributed by atoms with Gasteiger partial charge < -0.3 is 4.74 Å². The monoisotopic (exact) mass is 246 g/mol. The Bertz CT molecular complexity index is 198. The molecule has 0 bridgehead atoms. The Balaban J connectivity index is 4.39. The van der Waals surface area contributed by atoms with E-state index in [1.54, 1.807) is 0 Å². The van der Waals surface area contributed by atoms with Crippen LogP contribution in [0, 0.1) is 0 Å². The molecule has 0 saturated heterocycles. The molecule has 0 aromatic rings. The molecular weight excluding hydrogens is 220 g/mol. The van der Waals surface area contributed by atoms with Crippen molar-refractivity contribution in [2.75, 3.05) is 0 Å². The van der Waals surface area contributed by atoms with Crippen LogP contribution in [0.5, 0.6) is 0 Å². The molecule has 0 aliphatic rings. The van der Waals surface area contributed by atoms with Gasteiger partial charge in [0, 0.05) is 23.1 Å². The van der Waals surface area contributed by atoms with Gasteiger partial charge >= 0.3 is 5.97 Å². The van der Waals surface area contributed by atoms with Crippen molar-refractivity contribution in [2.24, 2.45) is 0 Å². The summed E-state index contributed by atoms with van der Waals surface area (Å²) in [5.41, 5.74) is 0. The number of carbonyl (C=O) groups excluding carboxylic acids is 1. The zero-order chi connectivity index (χ0) is 12.3. The van der Waals surface area contributed by atoms with E-state index in [2.05, 4.69) is 39.3 Å². The Morgan fingerprint density at radius 1 is 1.00 bits per heavy atom. The van der Waals surface area contributed by atoms with E-state index >= 15 is 0 Å². The molecule has 15 heavy (non-hydrogen) atoms. The molecular formula is C11H26O2Si2. The summed E-state index contributed by atoms with van der Waals surface area (Å²) < 4.78 is 5.43. The van der Waals surface area contributed by atoms with Crippen LogP contribution in [0.15, 0.2) is 0 Å². The van der Waals surface area contributed by atoms with E-state index in [-0.39, 0.29) is 12.1 Å². The molecule has 0 heterocycles. The van der Waals surface area contributed by atoms with Gasteiger partial charge in [0.15, 0.2) is 0 Å². The predicted molar refractivity (Wildman–Crippen MR) is 71.9 cm³/mol. The molecule has 0 N–H and O–H groups in total. The Morgan fingerprint density at radius 2 is 1.33 bits per heavy atom. The highest BCUT2D eigenvalue weighted by atomic mass is 28.3. The minimum atomic E-state index is -1.14. The van der Waals surface area contributed by atoms with Crippen molar-refractivity contribution in [1.82, 2.24) is 0 Å². The zero-order valence-electron chi connectivity index (χ0n) is 11.3. The van der Waals surface area contributed by atoms with Crippen molar-refractivity contribution >= 4 is 22.1 Å². The topological polar surface area (TPSA) is 26.3 Å². The van der Waals surface area contributed by atoms with Gasteiger partial charge in [-0.1, -0.05) is 39.3 Å². The molecule has 0 rings (SSSR count). The molecule has 0 aromatic carbocycles. The highest BCUT2D eigenvalue weighted by molar-refractivity contribution is 6.78. The summed E-state index contributed by atoms with van der Waals surface area (Å²) in [5, 5.41) is 0. The normalized spacial score (nSPS) is 13.1. The Morgan fingerprint density at radius 3 is 1.53 bits per heavy atom. The largest absolute Gasteiger partial charge is 0.463 e. The molecule has 0 aliphatic heterocycles. The maximum Gasteiger partial charge on any atom is 0.302 e. The first kappa shape index (κ1) is 14.9.